The van der Waals surface area contributed by atoms with Crippen molar-refractivity contribution >= 4 is 0 Å². The molecule has 0 N–H and O–H groups in total. The van der Waals surface area contributed by atoms with Crippen molar-refractivity contribution in [3.05, 3.63) is 71.8 Å². The fourth-order valence-corrected chi connectivity index (χ4v) is 5.98. The average molecular weight is 395 g/mol. The molecule has 2 rings (SSSR count). The highest BCUT2D eigenvalue weighted by molar-refractivity contribution is 5.27. The van der Waals surface area contributed by atoms with Crippen LogP contribution in [0.2, 0.25) is 0 Å². The first-order chi connectivity index (χ1) is 13.2. The fraction of sp³-hybridized carbons (Fsp3) is 0.571. The van der Waals surface area contributed by atoms with Gasteiger partial charge in [-0.1, -0.05) is 102 Å². The summed E-state index contributed by atoms with van der Waals surface area (Å²) in [6.45, 7) is 23.0. The van der Waals surface area contributed by atoms with Gasteiger partial charge in [0.25, 0.3) is 0 Å². The molecule has 0 heterocycles. The molecule has 2 aromatic carbocycles. The molecular formula is C28H42O. The van der Waals surface area contributed by atoms with E-state index in [0.29, 0.717) is 0 Å². The second-order valence-corrected chi connectivity index (χ2v) is 11.7. The van der Waals surface area contributed by atoms with Crippen LogP contribution in [0.5, 0.6) is 0 Å². The standard InChI is InChI=1S/C28H42O/c1-25(2,3)23(21-17-13-11-14-18-21)27(7,8)29-28(9,10)24(26(4,5)6)22-19-15-12-16-20-22/h11-20,23-24H,1-10H3. The van der Waals surface area contributed by atoms with E-state index in [4.69, 9.17) is 4.74 Å². The van der Waals surface area contributed by atoms with Gasteiger partial charge in [0.05, 0.1) is 11.2 Å². The van der Waals surface area contributed by atoms with Gasteiger partial charge in [-0.2, -0.15) is 0 Å². The summed E-state index contributed by atoms with van der Waals surface area (Å²) in [6, 6.07) is 21.7. The lowest BCUT2D eigenvalue weighted by molar-refractivity contribution is -0.170. The molecule has 0 aliphatic heterocycles. The van der Waals surface area contributed by atoms with Gasteiger partial charge in [-0.3, -0.25) is 0 Å². The van der Waals surface area contributed by atoms with Crippen molar-refractivity contribution in [2.75, 3.05) is 0 Å². The number of ether oxygens (including phenoxy) is 1. The van der Waals surface area contributed by atoms with Gasteiger partial charge in [-0.15, -0.1) is 0 Å². The highest BCUT2D eigenvalue weighted by atomic mass is 16.5. The minimum Gasteiger partial charge on any atom is -0.368 e. The monoisotopic (exact) mass is 394 g/mol. The van der Waals surface area contributed by atoms with E-state index in [2.05, 4.69) is 130 Å². The van der Waals surface area contributed by atoms with Gasteiger partial charge in [0, 0.05) is 11.8 Å². The fourth-order valence-electron chi connectivity index (χ4n) is 5.98. The summed E-state index contributed by atoms with van der Waals surface area (Å²) in [6.07, 6.45) is 0. The van der Waals surface area contributed by atoms with E-state index in [-0.39, 0.29) is 33.9 Å². The van der Waals surface area contributed by atoms with Crippen LogP contribution in [0.25, 0.3) is 0 Å². The second kappa shape index (κ2) is 8.26. The lowest BCUT2D eigenvalue weighted by atomic mass is 9.66. The molecule has 0 radical (unpaired) electrons. The molecule has 1 heteroatoms. The zero-order chi connectivity index (χ0) is 22.1. The van der Waals surface area contributed by atoms with Crippen LogP contribution in [0, 0.1) is 10.8 Å². The molecule has 160 valence electrons. The molecule has 0 aliphatic carbocycles. The third-order valence-corrected chi connectivity index (χ3v) is 5.91. The molecule has 0 amide bonds. The third kappa shape index (κ3) is 5.72. The summed E-state index contributed by atoms with van der Waals surface area (Å²) >= 11 is 0. The van der Waals surface area contributed by atoms with Crippen LogP contribution in [0.1, 0.15) is 92.2 Å². The van der Waals surface area contributed by atoms with Crippen LogP contribution in [-0.4, -0.2) is 11.2 Å². The SMILES string of the molecule is CC(C)(C)C(c1ccccc1)C(C)(C)OC(C)(C)C(c1ccccc1)C(C)(C)C. The maximum Gasteiger partial charge on any atom is 0.0707 e. The Bertz CT molecular complexity index is 690. The topological polar surface area (TPSA) is 9.23 Å². The minimum atomic E-state index is -0.332. The van der Waals surface area contributed by atoms with Crippen LogP contribution < -0.4 is 0 Å². The molecule has 2 aromatic rings. The molecule has 0 saturated carbocycles. The smallest absolute Gasteiger partial charge is 0.0707 e. The number of hydrogen-bond acceptors (Lipinski definition) is 1. The molecule has 0 spiro atoms. The van der Waals surface area contributed by atoms with Crippen molar-refractivity contribution in [2.24, 2.45) is 10.8 Å². The molecule has 0 aliphatic rings. The predicted octanol–water partition coefficient (Wildman–Crippen LogP) is 8.22. The van der Waals surface area contributed by atoms with E-state index in [1.165, 1.54) is 11.1 Å². The lowest BCUT2D eigenvalue weighted by Gasteiger charge is -2.51. The Morgan fingerprint density at radius 1 is 0.483 bits per heavy atom. The van der Waals surface area contributed by atoms with Gasteiger partial charge in [-0.25, -0.2) is 0 Å². The molecule has 2 atom stereocenters. The Labute approximate surface area is 179 Å². The Balaban J connectivity index is 2.48. The van der Waals surface area contributed by atoms with Crippen molar-refractivity contribution in [3.8, 4) is 0 Å². The summed E-state index contributed by atoms with van der Waals surface area (Å²) in [7, 11) is 0. The Morgan fingerprint density at radius 2 is 0.759 bits per heavy atom. The van der Waals surface area contributed by atoms with Gasteiger partial charge in [-0.05, 0) is 49.7 Å². The van der Waals surface area contributed by atoms with Crippen LogP contribution >= 0.6 is 0 Å². The zero-order valence-electron chi connectivity index (χ0n) is 20.3. The highest BCUT2D eigenvalue weighted by Crippen LogP contribution is 2.51. The molecule has 0 saturated heterocycles. The number of benzene rings is 2. The summed E-state index contributed by atoms with van der Waals surface area (Å²) in [5.41, 5.74) is 2.17. The van der Waals surface area contributed by atoms with Crippen molar-refractivity contribution in [2.45, 2.75) is 92.3 Å². The Morgan fingerprint density at radius 3 is 1.00 bits per heavy atom. The molecule has 0 aromatic heterocycles. The molecule has 0 bridgehead atoms. The predicted molar refractivity (Wildman–Crippen MR) is 127 cm³/mol. The molecule has 29 heavy (non-hydrogen) atoms. The summed E-state index contributed by atoms with van der Waals surface area (Å²) in [5.74, 6) is 0.540. The number of hydrogen-bond donors (Lipinski definition) is 0. The summed E-state index contributed by atoms with van der Waals surface area (Å²) in [5, 5.41) is 0. The van der Waals surface area contributed by atoms with E-state index < -0.39 is 0 Å². The highest BCUT2D eigenvalue weighted by Gasteiger charge is 2.47. The molecule has 1 nitrogen and oxygen atoms in total. The van der Waals surface area contributed by atoms with Crippen molar-refractivity contribution in [1.29, 1.82) is 0 Å². The van der Waals surface area contributed by atoms with Crippen molar-refractivity contribution in [3.63, 3.8) is 0 Å². The summed E-state index contributed by atoms with van der Waals surface area (Å²) in [4.78, 5) is 0. The normalized spacial score (nSPS) is 15.8. The quantitative estimate of drug-likeness (QED) is 0.479. The Hall–Kier alpha value is -1.60. The van der Waals surface area contributed by atoms with Crippen LogP contribution in [0.4, 0.5) is 0 Å². The maximum atomic E-state index is 7.11. The first kappa shape index (κ1) is 23.7. The average Bonchev–Trinajstić information content (AvgIpc) is 2.52. The second-order valence-electron chi connectivity index (χ2n) is 11.7. The van der Waals surface area contributed by atoms with E-state index in [1.807, 2.05) is 0 Å². The first-order valence-electron chi connectivity index (χ1n) is 11.0. The van der Waals surface area contributed by atoms with Crippen LogP contribution in [0.15, 0.2) is 60.7 Å². The van der Waals surface area contributed by atoms with Gasteiger partial charge in [0.15, 0.2) is 0 Å². The van der Waals surface area contributed by atoms with Crippen molar-refractivity contribution in [1.82, 2.24) is 0 Å². The first-order valence-corrected chi connectivity index (χ1v) is 11.0. The molecular weight excluding hydrogens is 352 g/mol. The minimum absolute atomic E-state index is 0.0743. The van der Waals surface area contributed by atoms with Gasteiger partial charge >= 0.3 is 0 Å². The van der Waals surface area contributed by atoms with Crippen LogP contribution in [0.3, 0.4) is 0 Å². The van der Waals surface area contributed by atoms with Gasteiger partial charge < -0.3 is 4.74 Å². The summed E-state index contributed by atoms with van der Waals surface area (Å²) < 4.78 is 7.11. The maximum absolute atomic E-state index is 7.11. The Kier molecular flexibility index (Phi) is 6.75. The largest absolute Gasteiger partial charge is 0.368 e. The van der Waals surface area contributed by atoms with E-state index >= 15 is 0 Å². The van der Waals surface area contributed by atoms with E-state index in [0.717, 1.165) is 0 Å². The molecule has 2 unspecified atom stereocenters. The van der Waals surface area contributed by atoms with Gasteiger partial charge in [0.1, 0.15) is 0 Å². The van der Waals surface area contributed by atoms with Gasteiger partial charge in [0.2, 0.25) is 0 Å². The third-order valence-electron chi connectivity index (χ3n) is 5.91. The zero-order valence-corrected chi connectivity index (χ0v) is 20.3. The van der Waals surface area contributed by atoms with E-state index in [1.54, 1.807) is 0 Å². The molecule has 0 fully saturated rings. The van der Waals surface area contributed by atoms with E-state index in [9.17, 15) is 0 Å². The lowest BCUT2D eigenvalue weighted by Crippen LogP contribution is -2.50. The van der Waals surface area contributed by atoms with Crippen molar-refractivity contribution < 1.29 is 4.74 Å². The number of rotatable bonds is 6. The van der Waals surface area contributed by atoms with Crippen LogP contribution in [-0.2, 0) is 4.74 Å².